The first-order valence-corrected chi connectivity index (χ1v) is 4.52. The fraction of sp³-hybridized carbons (Fsp3) is 0.250. The Morgan fingerprint density at radius 3 is 2.71 bits per heavy atom. The van der Waals surface area contributed by atoms with Crippen molar-refractivity contribution >= 4 is 5.78 Å². The average Bonchev–Trinajstić information content (AvgIpc) is 2.20. The predicted octanol–water partition coefficient (Wildman–Crippen LogP) is 1.02. The van der Waals surface area contributed by atoms with Crippen LogP contribution in [-0.2, 0) is 11.2 Å². The van der Waals surface area contributed by atoms with E-state index in [4.69, 9.17) is 6.42 Å². The van der Waals surface area contributed by atoms with Gasteiger partial charge in [-0.3, -0.25) is 10.1 Å². The van der Waals surface area contributed by atoms with E-state index in [0.717, 1.165) is 5.56 Å². The number of Topliss-reactive ketones (excluding diaryl/α,β-unsaturated/α-hetero) is 1. The highest BCUT2D eigenvalue weighted by atomic mass is 16.1. The van der Waals surface area contributed by atoms with E-state index in [0.29, 0.717) is 19.5 Å². The molecule has 0 aliphatic heterocycles. The lowest BCUT2D eigenvalue weighted by atomic mass is 10.1. The third kappa shape index (κ3) is 3.88. The van der Waals surface area contributed by atoms with Crippen molar-refractivity contribution in [3.8, 4) is 12.3 Å². The van der Waals surface area contributed by atoms with E-state index < -0.39 is 0 Å². The van der Waals surface area contributed by atoms with Crippen LogP contribution in [0.1, 0.15) is 5.56 Å². The monoisotopic (exact) mass is 187 g/mol. The van der Waals surface area contributed by atoms with Crippen molar-refractivity contribution in [3.63, 3.8) is 0 Å². The average molecular weight is 187 g/mol. The first-order valence-electron chi connectivity index (χ1n) is 4.52. The highest BCUT2D eigenvalue weighted by Gasteiger charge is 2.01. The van der Waals surface area contributed by atoms with Gasteiger partial charge < -0.3 is 0 Å². The maximum atomic E-state index is 11.4. The minimum atomic E-state index is 0.159. The molecule has 1 aromatic rings. The van der Waals surface area contributed by atoms with Crippen LogP contribution < -0.4 is 5.32 Å². The molecule has 0 aliphatic rings. The number of hydrogen-bond donors (Lipinski definition) is 1. The molecule has 0 atom stereocenters. The summed E-state index contributed by atoms with van der Waals surface area (Å²) in [7, 11) is 0. The van der Waals surface area contributed by atoms with E-state index in [-0.39, 0.29) is 5.78 Å². The molecular formula is C12H13NO. The number of carbonyl (C=O) groups excluding carboxylic acids is 1. The number of hydrogen-bond acceptors (Lipinski definition) is 2. The lowest BCUT2D eigenvalue weighted by Crippen LogP contribution is -2.24. The van der Waals surface area contributed by atoms with Crippen LogP contribution in [0.3, 0.4) is 0 Å². The highest BCUT2D eigenvalue weighted by Crippen LogP contribution is 1.99. The molecule has 0 heterocycles. The Morgan fingerprint density at radius 2 is 2.07 bits per heavy atom. The van der Waals surface area contributed by atoms with Crippen LogP contribution in [0.2, 0.25) is 0 Å². The van der Waals surface area contributed by atoms with E-state index in [2.05, 4.69) is 11.2 Å². The molecule has 1 aromatic carbocycles. The van der Waals surface area contributed by atoms with E-state index >= 15 is 0 Å². The molecule has 0 aliphatic carbocycles. The smallest absolute Gasteiger partial charge is 0.150 e. The summed E-state index contributed by atoms with van der Waals surface area (Å²) in [5.41, 5.74) is 1.04. The number of nitrogens with one attached hydrogen (secondary N) is 1. The standard InChI is InChI=1S/C12H13NO/c1-2-8-13-10-12(14)9-11-6-4-3-5-7-11/h1,3-7,13H,8-10H2. The molecule has 0 bridgehead atoms. The largest absolute Gasteiger partial charge is 0.299 e. The van der Waals surface area contributed by atoms with Crippen LogP contribution in [0.25, 0.3) is 0 Å². The van der Waals surface area contributed by atoms with Gasteiger partial charge in [-0.1, -0.05) is 36.3 Å². The maximum Gasteiger partial charge on any atom is 0.150 e. The molecule has 0 unspecified atom stereocenters. The lowest BCUT2D eigenvalue weighted by molar-refractivity contribution is -0.117. The Labute approximate surface area is 84.3 Å². The molecule has 1 rings (SSSR count). The van der Waals surface area contributed by atoms with E-state index in [9.17, 15) is 4.79 Å². The molecule has 14 heavy (non-hydrogen) atoms. The summed E-state index contributed by atoms with van der Waals surface area (Å²) in [6.45, 7) is 0.791. The summed E-state index contributed by atoms with van der Waals surface area (Å²) in [6.07, 6.45) is 5.51. The Bertz CT molecular complexity index is 324. The number of carbonyl (C=O) groups is 1. The van der Waals surface area contributed by atoms with Gasteiger partial charge >= 0.3 is 0 Å². The summed E-state index contributed by atoms with van der Waals surface area (Å²) in [5, 5.41) is 2.87. The molecule has 2 nitrogen and oxygen atoms in total. The first-order chi connectivity index (χ1) is 6.83. The number of ketones is 1. The van der Waals surface area contributed by atoms with Gasteiger partial charge in [0.25, 0.3) is 0 Å². The maximum absolute atomic E-state index is 11.4. The van der Waals surface area contributed by atoms with E-state index in [1.807, 2.05) is 30.3 Å². The molecule has 1 N–H and O–H groups in total. The second-order valence-corrected chi connectivity index (χ2v) is 3.01. The van der Waals surface area contributed by atoms with Crippen LogP contribution in [0.4, 0.5) is 0 Å². The molecule has 72 valence electrons. The molecular weight excluding hydrogens is 174 g/mol. The van der Waals surface area contributed by atoms with Crippen LogP contribution in [0, 0.1) is 12.3 Å². The lowest BCUT2D eigenvalue weighted by Gasteiger charge is -2.00. The Balaban J connectivity index is 2.32. The van der Waals surface area contributed by atoms with Gasteiger partial charge in [0.1, 0.15) is 0 Å². The zero-order valence-corrected chi connectivity index (χ0v) is 7.99. The minimum absolute atomic E-state index is 0.159. The minimum Gasteiger partial charge on any atom is -0.299 e. The van der Waals surface area contributed by atoms with Crippen LogP contribution >= 0.6 is 0 Å². The van der Waals surface area contributed by atoms with E-state index in [1.165, 1.54) is 0 Å². The van der Waals surface area contributed by atoms with Gasteiger partial charge in [-0.15, -0.1) is 6.42 Å². The molecule has 0 fully saturated rings. The van der Waals surface area contributed by atoms with Gasteiger partial charge in [0.05, 0.1) is 13.1 Å². The van der Waals surface area contributed by atoms with Gasteiger partial charge in [-0.05, 0) is 5.56 Å². The molecule has 0 radical (unpaired) electrons. The Morgan fingerprint density at radius 1 is 1.36 bits per heavy atom. The zero-order valence-electron chi connectivity index (χ0n) is 7.99. The van der Waals surface area contributed by atoms with Gasteiger partial charge in [-0.25, -0.2) is 0 Å². The number of rotatable bonds is 5. The van der Waals surface area contributed by atoms with Crippen LogP contribution in [-0.4, -0.2) is 18.9 Å². The van der Waals surface area contributed by atoms with Gasteiger partial charge in [0.15, 0.2) is 5.78 Å². The fourth-order valence-corrected chi connectivity index (χ4v) is 1.16. The van der Waals surface area contributed by atoms with Crippen molar-refractivity contribution < 1.29 is 4.79 Å². The predicted molar refractivity (Wildman–Crippen MR) is 56.9 cm³/mol. The highest BCUT2D eigenvalue weighted by molar-refractivity contribution is 5.82. The summed E-state index contributed by atoms with van der Waals surface area (Å²) in [6, 6.07) is 9.68. The summed E-state index contributed by atoms with van der Waals surface area (Å²) in [5.74, 6) is 2.58. The van der Waals surface area contributed by atoms with Gasteiger partial charge in [0, 0.05) is 6.42 Å². The molecule has 0 aromatic heterocycles. The zero-order chi connectivity index (χ0) is 10.2. The van der Waals surface area contributed by atoms with Crippen LogP contribution in [0.5, 0.6) is 0 Å². The van der Waals surface area contributed by atoms with Gasteiger partial charge in [0.2, 0.25) is 0 Å². The molecule has 0 spiro atoms. The number of terminal acetylenes is 1. The van der Waals surface area contributed by atoms with Crippen LogP contribution in [0.15, 0.2) is 30.3 Å². The second-order valence-electron chi connectivity index (χ2n) is 3.01. The topological polar surface area (TPSA) is 29.1 Å². The van der Waals surface area contributed by atoms with Crippen molar-refractivity contribution in [1.82, 2.24) is 5.32 Å². The number of benzene rings is 1. The molecule has 0 amide bonds. The first kappa shape index (κ1) is 10.5. The van der Waals surface area contributed by atoms with E-state index in [1.54, 1.807) is 0 Å². The van der Waals surface area contributed by atoms with Gasteiger partial charge in [-0.2, -0.15) is 0 Å². The van der Waals surface area contributed by atoms with Crippen molar-refractivity contribution in [2.75, 3.05) is 13.1 Å². The fourth-order valence-electron chi connectivity index (χ4n) is 1.16. The molecule has 2 heteroatoms. The summed E-state index contributed by atoms with van der Waals surface area (Å²) in [4.78, 5) is 11.4. The van der Waals surface area contributed by atoms with Crippen molar-refractivity contribution in [1.29, 1.82) is 0 Å². The van der Waals surface area contributed by atoms with Crippen molar-refractivity contribution in [2.45, 2.75) is 6.42 Å². The molecule has 0 saturated carbocycles. The quantitative estimate of drug-likeness (QED) is 0.551. The van der Waals surface area contributed by atoms with Crippen molar-refractivity contribution in [2.24, 2.45) is 0 Å². The Hall–Kier alpha value is -1.59. The van der Waals surface area contributed by atoms with Crippen molar-refractivity contribution in [3.05, 3.63) is 35.9 Å². The Kier molecular flexibility index (Phi) is 4.46. The molecule has 0 saturated heterocycles. The SMILES string of the molecule is C#CCNCC(=O)Cc1ccccc1. The third-order valence-electron chi connectivity index (χ3n) is 1.79. The summed E-state index contributed by atoms with van der Waals surface area (Å²) < 4.78 is 0. The second kappa shape index (κ2) is 5.95. The third-order valence-corrected chi connectivity index (χ3v) is 1.79. The summed E-state index contributed by atoms with van der Waals surface area (Å²) >= 11 is 0. The normalized spacial score (nSPS) is 9.36.